The molecule has 25 heavy (non-hydrogen) atoms. The number of aliphatic hydroxyl groups excluding tert-OH is 1. The van der Waals surface area contributed by atoms with E-state index in [1.54, 1.807) is 11.3 Å². The number of fused-ring (bicyclic) bond motifs is 3. The van der Waals surface area contributed by atoms with Crippen LogP contribution in [0.4, 0.5) is 18.9 Å². The predicted molar refractivity (Wildman–Crippen MR) is 89.6 cm³/mol. The molecular weight excluding hydrogens is 351 g/mol. The van der Waals surface area contributed by atoms with Crippen molar-refractivity contribution in [3.63, 3.8) is 0 Å². The Hall–Kier alpha value is -1.57. The molecule has 1 aromatic heterocycles. The van der Waals surface area contributed by atoms with Crippen LogP contribution >= 0.6 is 11.3 Å². The van der Waals surface area contributed by atoms with E-state index in [9.17, 15) is 18.3 Å². The molecule has 3 heterocycles. The number of thiophene rings is 1. The molecule has 0 spiro atoms. The summed E-state index contributed by atoms with van der Waals surface area (Å²) in [6.07, 6.45) is -3.67. The van der Waals surface area contributed by atoms with Gasteiger partial charge >= 0.3 is 6.18 Å². The maximum Gasteiger partial charge on any atom is 0.416 e. The molecule has 2 aliphatic heterocycles. The van der Waals surface area contributed by atoms with Crippen LogP contribution in [0.15, 0.2) is 35.0 Å². The Morgan fingerprint density at radius 1 is 1.24 bits per heavy atom. The average molecular weight is 369 g/mol. The van der Waals surface area contributed by atoms with Crippen molar-refractivity contribution < 1.29 is 23.0 Å². The molecule has 4 atom stereocenters. The van der Waals surface area contributed by atoms with Crippen LogP contribution in [0.2, 0.25) is 0 Å². The van der Waals surface area contributed by atoms with Gasteiger partial charge in [-0.3, -0.25) is 0 Å². The molecule has 7 heteroatoms. The Labute approximate surface area is 147 Å². The number of nitrogens with one attached hydrogen (secondary N) is 1. The number of rotatable bonds is 2. The normalized spacial score (nSPS) is 28.8. The lowest BCUT2D eigenvalue weighted by molar-refractivity contribution is -0.138. The molecule has 0 radical (unpaired) electrons. The fourth-order valence-corrected chi connectivity index (χ4v) is 4.55. The highest BCUT2D eigenvalue weighted by atomic mass is 32.1. The summed E-state index contributed by atoms with van der Waals surface area (Å²) >= 11 is 1.60. The van der Waals surface area contributed by atoms with Crippen molar-refractivity contribution in [3.05, 3.63) is 51.7 Å². The van der Waals surface area contributed by atoms with Gasteiger partial charge in [-0.1, -0.05) is 0 Å². The maximum absolute atomic E-state index is 13.1. The minimum atomic E-state index is -4.39. The van der Waals surface area contributed by atoms with Crippen LogP contribution in [-0.4, -0.2) is 17.8 Å². The molecule has 2 aliphatic rings. The molecule has 2 aromatic rings. The van der Waals surface area contributed by atoms with Crippen molar-refractivity contribution in [1.29, 1.82) is 0 Å². The van der Waals surface area contributed by atoms with Crippen LogP contribution in [0.1, 0.15) is 41.7 Å². The summed E-state index contributed by atoms with van der Waals surface area (Å²) in [5.41, 5.74) is 1.65. The maximum atomic E-state index is 13.1. The summed E-state index contributed by atoms with van der Waals surface area (Å²) < 4.78 is 45.4. The molecule has 4 rings (SSSR count). The molecule has 0 bridgehead atoms. The zero-order valence-corrected chi connectivity index (χ0v) is 14.1. The van der Waals surface area contributed by atoms with Gasteiger partial charge in [-0.15, -0.1) is 0 Å². The number of ether oxygens (including phenoxy) is 1. The minimum absolute atomic E-state index is 0.000120. The second-order valence-corrected chi connectivity index (χ2v) is 7.36. The second-order valence-electron chi connectivity index (χ2n) is 6.58. The Balaban J connectivity index is 1.77. The summed E-state index contributed by atoms with van der Waals surface area (Å²) in [6.45, 7) is -0.117. The Morgan fingerprint density at radius 2 is 2.08 bits per heavy atom. The summed E-state index contributed by atoms with van der Waals surface area (Å²) in [6, 6.07) is 5.80. The molecule has 0 saturated carbocycles. The average Bonchev–Trinajstić information content (AvgIpc) is 3.13. The quantitative estimate of drug-likeness (QED) is 0.802. The highest BCUT2D eigenvalue weighted by Crippen LogP contribution is 2.51. The van der Waals surface area contributed by atoms with E-state index < -0.39 is 17.8 Å². The summed E-state index contributed by atoms with van der Waals surface area (Å²) in [5, 5.41) is 16.9. The number of benzene rings is 1. The van der Waals surface area contributed by atoms with Gasteiger partial charge in [-0.2, -0.15) is 24.5 Å². The number of aliphatic hydroxyl groups is 1. The minimum Gasteiger partial charge on any atom is -0.394 e. The van der Waals surface area contributed by atoms with Gasteiger partial charge in [0, 0.05) is 17.2 Å². The lowest BCUT2D eigenvalue weighted by Gasteiger charge is -2.45. The molecule has 0 unspecified atom stereocenters. The number of halogens is 3. The van der Waals surface area contributed by atoms with Gasteiger partial charge in [-0.25, -0.2) is 0 Å². The van der Waals surface area contributed by atoms with Gasteiger partial charge in [0.05, 0.1) is 30.4 Å². The molecule has 1 aromatic carbocycles. The highest BCUT2D eigenvalue weighted by Gasteiger charge is 2.43. The smallest absolute Gasteiger partial charge is 0.394 e. The van der Waals surface area contributed by atoms with Gasteiger partial charge in [0.2, 0.25) is 0 Å². The third kappa shape index (κ3) is 3.05. The van der Waals surface area contributed by atoms with Crippen molar-refractivity contribution in [2.45, 2.75) is 37.3 Å². The zero-order valence-electron chi connectivity index (χ0n) is 13.3. The first-order valence-corrected chi connectivity index (χ1v) is 9.17. The molecule has 2 N–H and O–H groups in total. The highest BCUT2D eigenvalue weighted by molar-refractivity contribution is 7.08. The van der Waals surface area contributed by atoms with E-state index in [4.69, 9.17) is 4.74 Å². The van der Waals surface area contributed by atoms with Crippen molar-refractivity contribution in [2.24, 2.45) is 5.92 Å². The first-order valence-electron chi connectivity index (χ1n) is 8.23. The largest absolute Gasteiger partial charge is 0.416 e. The Kier molecular flexibility index (Phi) is 4.25. The van der Waals surface area contributed by atoms with Crippen molar-refractivity contribution in [2.75, 3.05) is 11.9 Å². The summed E-state index contributed by atoms with van der Waals surface area (Å²) in [4.78, 5) is 0. The SMILES string of the molecule is OC[C@@H]1CC[C@@H]2[C@@H](c3ccsc3)Nc3ccc(C(F)(F)F)cc3[C@@H]2O1. The first kappa shape index (κ1) is 16.9. The molecule has 1 fully saturated rings. The van der Waals surface area contributed by atoms with E-state index in [1.165, 1.54) is 12.1 Å². The molecular formula is C18H18F3NO2S. The molecule has 3 nitrogen and oxygen atoms in total. The van der Waals surface area contributed by atoms with Crippen LogP contribution in [0.5, 0.6) is 0 Å². The van der Waals surface area contributed by atoms with E-state index in [2.05, 4.69) is 10.7 Å². The summed E-state index contributed by atoms with van der Waals surface area (Å²) in [7, 11) is 0. The Bertz CT molecular complexity index is 747. The van der Waals surface area contributed by atoms with E-state index >= 15 is 0 Å². The van der Waals surface area contributed by atoms with Gasteiger partial charge in [-0.05, 0) is 53.4 Å². The van der Waals surface area contributed by atoms with Crippen molar-refractivity contribution >= 4 is 17.0 Å². The lowest BCUT2D eigenvalue weighted by Crippen LogP contribution is -2.40. The van der Waals surface area contributed by atoms with Gasteiger partial charge < -0.3 is 15.2 Å². The molecule has 0 amide bonds. The fraction of sp³-hybridized carbons (Fsp3) is 0.444. The third-order valence-corrected chi connectivity index (χ3v) is 5.78. The van der Waals surface area contributed by atoms with Crippen LogP contribution < -0.4 is 5.32 Å². The van der Waals surface area contributed by atoms with Crippen LogP contribution in [0.25, 0.3) is 0 Å². The standard InChI is InChI=1S/C18H18F3NO2S/c19-18(20,21)11-1-4-15-14(7-11)17-13(3-2-12(8-23)24-17)16(22-15)10-5-6-25-9-10/h1,4-7,9,12-13,16-17,22-23H,2-3,8H2/t12-,13+,16+,17+/m0/s1. The molecule has 1 saturated heterocycles. The number of hydrogen-bond donors (Lipinski definition) is 2. The monoisotopic (exact) mass is 369 g/mol. The lowest BCUT2D eigenvalue weighted by atomic mass is 9.77. The van der Waals surface area contributed by atoms with Gasteiger partial charge in [0.15, 0.2) is 0 Å². The summed E-state index contributed by atoms with van der Waals surface area (Å²) in [5.74, 6) is 0.0355. The topological polar surface area (TPSA) is 41.5 Å². The number of alkyl halides is 3. The van der Waals surface area contributed by atoms with E-state index in [0.717, 1.165) is 18.1 Å². The van der Waals surface area contributed by atoms with Crippen molar-refractivity contribution in [1.82, 2.24) is 0 Å². The van der Waals surface area contributed by atoms with E-state index in [0.29, 0.717) is 17.7 Å². The third-order valence-electron chi connectivity index (χ3n) is 5.08. The second kappa shape index (κ2) is 6.30. The number of hydrogen-bond acceptors (Lipinski definition) is 4. The predicted octanol–water partition coefficient (Wildman–Crippen LogP) is 4.76. The van der Waals surface area contributed by atoms with Crippen LogP contribution in [0, 0.1) is 5.92 Å². The van der Waals surface area contributed by atoms with E-state index in [1.807, 2.05) is 11.4 Å². The number of anilines is 1. The van der Waals surface area contributed by atoms with Gasteiger partial charge in [0.25, 0.3) is 0 Å². The molecule has 134 valence electrons. The zero-order chi connectivity index (χ0) is 17.6. The van der Waals surface area contributed by atoms with E-state index in [-0.39, 0.29) is 24.7 Å². The molecule has 0 aliphatic carbocycles. The van der Waals surface area contributed by atoms with Crippen molar-refractivity contribution in [3.8, 4) is 0 Å². The first-order chi connectivity index (χ1) is 12.0. The van der Waals surface area contributed by atoms with Gasteiger partial charge in [0.1, 0.15) is 0 Å². The fourth-order valence-electron chi connectivity index (χ4n) is 3.85. The van der Waals surface area contributed by atoms with Crippen LogP contribution in [-0.2, 0) is 10.9 Å². The van der Waals surface area contributed by atoms with Crippen LogP contribution in [0.3, 0.4) is 0 Å². The Morgan fingerprint density at radius 3 is 2.76 bits per heavy atom.